The van der Waals surface area contributed by atoms with Crippen LogP contribution in [0.15, 0.2) is 17.1 Å². The first-order valence-corrected chi connectivity index (χ1v) is 7.85. The van der Waals surface area contributed by atoms with Gasteiger partial charge in [-0.15, -0.1) is 0 Å². The second-order valence-electron chi connectivity index (χ2n) is 5.64. The molecule has 9 heteroatoms. The summed E-state index contributed by atoms with van der Waals surface area (Å²) in [4.78, 5) is 26.1. The second kappa shape index (κ2) is 9.61. The van der Waals surface area contributed by atoms with Crippen molar-refractivity contribution in [2.75, 3.05) is 18.9 Å². The van der Waals surface area contributed by atoms with Gasteiger partial charge >= 0.3 is 11.7 Å². The number of hydrogen-bond acceptors (Lipinski definition) is 6. The molecule has 3 atom stereocenters. The van der Waals surface area contributed by atoms with Gasteiger partial charge in [0.15, 0.2) is 12.1 Å². The molecule has 0 bridgehead atoms. The Hall–Kier alpha value is -1.64. The van der Waals surface area contributed by atoms with Crippen molar-refractivity contribution in [1.29, 1.82) is 0 Å². The zero-order valence-electron chi connectivity index (χ0n) is 13.9. The van der Waals surface area contributed by atoms with E-state index in [2.05, 4.69) is 11.9 Å². The van der Waals surface area contributed by atoms with E-state index in [1.165, 1.54) is 10.8 Å². The Morgan fingerprint density at radius 3 is 3.00 bits per heavy atom. The monoisotopic (exact) mass is 361 g/mol. The molecule has 0 radical (unpaired) electrons. The van der Waals surface area contributed by atoms with Crippen molar-refractivity contribution in [3.05, 3.63) is 22.7 Å². The van der Waals surface area contributed by atoms with Crippen LogP contribution in [0.5, 0.6) is 0 Å². The quantitative estimate of drug-likeness (QED) is 0.410. The van der Waals surface area contributed by atoms with Crippen molar-refractivity contribution < 1.29 is 36.0 Å². The van der Waals surface area contributed by atoms with Crippen molar-refractivity contribution in [1.82, 2.24) is 4.98 Å². The lowest BCUT2D eigenvalue weighted by Gasteiger charge is -2.14. The molecule has 1 aromatic rings. The van der Waals surface area contributed by atoms with E-state index in [0.717, 1.165) is 19.3 Å². The first-order valence-electron chi connectivity index (χ1n) is 7.85. The van der Waals surface area contributed by atoms with Crippen molar-refractivity contribution in [2.45, 2.75) is 45.6 Å². The van der Waals surface area contributed by atoms with Gasteiger partial charge in [-0.2, -0.15) is 14.3 Å². The molecule has 0 saturated carbocycles. The molecule has 8 nitrogen and oxygen atoms in total. The number of carbonyl (C=O) groups excluding carboxylic acids is 1. The molecule has 3 N–H and O–H groups in total. The predicted molar refractivity (Wildman–Crippen MR) is 81.2 cm³/mol. The zero-order valence-corrected chi connectivity index (χ0v) is 14.6. The Kier molecular flexibility index (Phi) is 8.17. The third-order valence-corrected chi connectivity index (χ3v) is 3.70. The van der Waals surface area contributed by atoms with Gasteiger partial charge in [-0.25, -0.2) is 0 Å². The van der Waals surface area contributed by atoms with E-state index in [1.54, 1.807) is 6.07 Å². The third-order valence-electron chi connectivity index (χ3n) is 3.70. The number of nitrogens with zero attached hydrogens (tertiary/aromatic N) is 1. The number of H-pyrrole nitrogens is 1. The molecule has 2 rings (SSSR count). The third kappa shape index (κ3) is 5.47. The average Bonchev–Trinajstić information content (AvgIpc) is 2.98. The number of nitrogens with one attached hydrogen (secondary N) is 1. The fourth-order valence-electron chi connectivity index (χ4n) is 2.28. The largest absolute Gasteiger partial charge is 1.00 e. The highest BCUT2D eigenvalue weighted by atomic mass is 35.5. The normalized spacial score (nSPS) is 21.1. The van der Waals surface area contributed by atoms with Gasteiger partial charge in [0.05, 0.1) is 5.92 Å². The number of halogens is 1. The van der Waals surface area contributed by atoms with Gasteiger partial charge in [-0.1, -0.05) is 26.7 Å². The van der Waals surface area contributed by atoms with Gasteiger partial charge in [-0.05, 0) is 6.42 Å². The lowest BCUT2D eigenvalue weighted by molar-refractivity contribution is -0.771. The molecule has 0 amide bonds. The number of unbranched alkanes of at least 4 members (excludes halogenated alkanes) is 1. The summed E-state index contributed by atoms with van der Waals surface area (Å²) in [5, 5.41) is 0. The standard InChI is InChI=1S/C15H23N3O5.ClH/c1-3-4-5-10(2)14(19)22-9-13-21-8-12(23-13)18-7-6-11(16)17-15(18)20;/h6-7,10,12-13H,3-5,8-9H2,1-2H3,(H2,16,17,20);1H/t10?,12-,13-;/m0./s1. The average molecular weight is 362 g/mol. The minimum atomic E-state index is -0.674. The smallest absolute Gasteiger partial charge is 0.499 e. The van der Waals surface area contributed by atoms with E-state index in [-0.39, 0.29) is 49.0 Å². The SMILES string of the molecule is CCCCC(C)C(=O)OC[C@H]1OC[C@@H]([n+]2ccc(N)[nH]c2=O)O1.[Cl-]. The number of rotatable bonds is 7. The van der Waals surface area contributed by atoms with Crippen LogP contribution in [0, 0.1) is 5.92 Å². The van der Waals surface area contributed by atoms with Gasteiger partial charge in [0, 0.05) is 6.07 Å². The van der Waals surface area contributed by atoms with Crippen molar-refractivity contribution >= 4 is 11.8 Å². The Morgan fingerprint density at radius 2 is 2.33 bits per heavy atom. The van der Waals surface area contributed by atoms with E-state index in [4.69, 9.17) is 19.9 Å². The molecule has 0 aliphatic carbocycles. The number of aromatic amines is 1. The van der Waals surface area contributed by atoms with E-state index >= 15 is 0 Å². The van der Waals surface area contributed by atoms with Crippen LogP contribution in [0.4, 0.5) is 5.82 Å². The highest BCUT2D eigenvalue weighted by Crippen LogP contribution is 2.16. The Balaban J connectivity index is 0.00000288. The molecule has 0 aromatic carbocycles. The fourth-order valence-corrected chi connectivity index (χ4v) is 2.28. The number of esters is 1. The number of nitrogens with two attached hydrogens (primary N) is 1. The maximum atomic E-state index is 11.8. The van der Waals surface area contributed by atoms with Gasteiger partial charge in [0.2, 0.25) is 6.23 Å². The number of hydrogen-bond donors (Lipinski definition) is 2. The first-order chi connectivity index (χ1) is 11.0. The molecular formula is C15H24ClN3O5. The Bertz CT molecular complexity index is 595. The van der Waals surface area contributed by atoms with Crippen LogP contribution in [-0.2, 0) is 19.0 Å². The Labute approximate surface area is 146 Å². The molecule has 136 valence electrons. The molecule has 24 heavy (non-hydrogen) atoms. The van der Waals surface area contributed by atoms with Crippen LogP contribution in [0.3, 0.4) is 0 Å². The summed E-state index contributed by atoms with van der Waals surface area (Å²) in [6, 6.07) is 1.56. The zero-order chi connectivity index (χ0) is 16.8. The van der Waals surface area contributed by atoms with Crippen LogP contribution in [0.2, 0.25) is 0 Å². The maximum Gasteiger partial charge on any atom is 0.499 e. The predicted octanol–water partition coefficient (Wildman–Crippen LogP) is -2.51. The molecule has 1 saturated heterocycles. The molecule has 1 unspecified atom stereocenters. The van der Waals surface area contributed by atoms with Gasteiger partial charge in [0.25, 0.3) is 0 Å². The molecular weight excluding hydrogens is 338 g/mol. The van der Waals surface area contributed by atoms with Crippen LogP contribution in [0.25, 0.3) is 0 Å². The van der Waals surface area contributed by atoms with Crippen molar-refractivity contribution in [3.8, 4) is 0 Å². The number of ether oxygens (including phenoxy) is 3. The summed E-state index contributed by atoms with van der Waals surface area (Å²) in [6.45, 7) is 4.14. The number of anilines is 1. The summed E-state index contributed by atoms with van der Waals surface area (Å²) < 4.78 is 17.6. The molecule has 1 aliphatic rings. The molecule has 1 aromatic heterocycles. The van der Waals surface area contributed by atoms with E-state index in [0.29, 0.717) is 0 Å². The van der Waals surface area contributed by atoms with Crippen molar-refractivity contribution in [3.63, 3.8) is 0 Å². The summed E-state index contributed by atoms with van der Waals surface area (Å²) in [7, 11) is 0. The van der Waals surface area contributed by atoms with Gasteiger partial charge in [0.1, 0.15) is 19.4 Å². The minimum absolute atomic E-state index is 0. The maximum absolute atomic E-state index is 11.8. The van der Waals surface area contributed by atoms with Gasteiger partial charge < -0.3 is 32.4 Å². The summed E-state index contributed by atoms with van der Waals surface area (Å²) in [6.07, 6.45) is 3.13. The molecule has 2 heterocycles. The van der Waals surface area contributed by atoms with E-state index < -0.39 is 12.5 Å². The summed E-state index contributed by atoms with van der Waals surface area (Å²) in [5.74, 6) is -0.120. The van der Waals surface area contributed by atoms with E-state index in [1.807, 2.05) is 6.92 Å². The second-order valence-corrected chi connectivity index (χ2v) is 5.64. The Morgan fingerprint density at radius 1 is 1.58 bits per heavy atom. The fraction of sp³-hybridized carbons (Fsp3) is 0.667. The van der Waals surface area contributed by atoms with Crippen LogP contribution < -0.4 is 28.4 Å². The lowest BCUT2D eigenvalue weighted by Crippen LogP contribution is -3.00. The van der Waals surface area contributed by atoms with Crippen LogP contribution in [0.1, 0.15) is 39.3 Å². The number of carbonyl (C=O) groups is 1. The summed E-state index contributed by atoms with van der Waals surface area (Å²) in [5.41, 5.74) is 5.11. The minimum Gasteiger partial charge on any atom is -1.00 e. The lowest BCUT2D eigenvalue weighted by atomic mass is 10.1. The molecule has 1 aliphatic heterocycles. The first kappa shape index (κ1) is 20.4. The topological polar surface area (TPSA) is 108 Å². The molecule has 1 fully saturated rings. The number of nitrogen functional groups attached to an aromatic ring is 1. The summed E-state index contributed by atoms with van der Waals surface area (Å²) >= 11 is 0. The molecule has 0 spiro atoms. The van der Waals surface area contributed by atoms with Crippen molar-refractivity contribution in [2.24, 2.45) is 5.92 Å². The van der Waals surface area contributed by atoms with E-state index in [9.17, 15) is 9.59 Å². The highest BCUT2D eigenvalue weighted by Gasteiger charge is 2.33. The van der Waals surface area contributed by atoms with Crippen LogP contribution in [-0.4, -0.2) is 30.5 Å². The highest BCUT2D eigenvalue weighted by molar-refractivity contribution is 5.71. The van der Waals surface area contributed by atoms with Crippen LogP contribution >= 0.6 is 0 Å². The number of aromatic nitrogens is 2. The van der Waals surface area contributed by atoms with Gasteiger partial charge in [-0.3, -0.25) is 4.79 Å².